The predicted octanol–water partition coefficient (Wildman–Crippen LogP) is 3.03. The van der Waals surface area contributed by atoms with Crippen molar-refractivity contribution in [3.05, 3.63) is 12.3 Å². The lowest BCUT2D eigenvalue weighted by Crippen LogP contribution is -1.82. The van der Waals surface area contributed by atoms with Crippen LogP contribution in [0.3, 0.4) is 0 Å². The average Bonchev–Trinajstić information content (AvgIpc) is 2.05. The van der Waals surface area contributed by atoms with E-state index in [1.54, 1.807) is 6.66 Å². The summed E-state index contributed by atoms with van der Waals surface area (Å²) in [6, 6.07) is 0. The molecule has 1 N–H and O–H groups in total. The average molecular weight is 194 g/mol. The van der Waals surface area contributed by atoms with Gasteiger partial charge in [-0.3, -0.25) is 4.57 Å². The van der Waals surface area contributed by atoms with E-state index in [0.29, 0.717) is 12.6 Å². The molecule has 12 heavy (non-hydrogen) atoms. The van der Waals surface area contributed by atoms with E-state index in [9.17, 15) is 4.57 Å². The molecule has 1 unspecified atom stereocenters. The Morgan fingerprint density at radius 3 is 1.92 bits per heavy atom. The number of aliphatic hydroxyl groups is 1. The Balaban J connectivity index is 0. The quantitative estimate of drug-likeness (QED) is 0.554. The van der Waals surface area contributed by atoms with Gasteiger partial charge in [-0.1, -0.05) is 20.4 Å². The number of aliphatic hydroxyl groups excluding tert-OH is 1. The zero-order valence-electron chi connectivity index (χ0n) is 8.33. The van der Waals surface area contributed by atoms with Crippen LogP contribution in [0, 0.1) is 0 Å². The molecule has 0 bridgehead atoms. The monoisotopic (exact) mass is 194 g/mol. The third-order valence-electron chi connectivity index (χ3n) is 1.37. The highest BCUT2D eigenvalue weighted by atomic mass is 31.2. The first-order chi connectivity index (χ1) is 5.39. The molecular formula is C8H19O3P. The van der Waals surface area contributed by atoms with Crippen LogP contribution in [0.1, 0.15) is 20.3 Å². The summed E-state index contributed by atoms with van der Waals surface area (Å²) in [4.78, 5) is 0. The van der Waals surface area contributed by atoms with Crippen LogP contribution >= 0.6 is 7.37 Å². The van der Waals surface area contributed by atoms with Crippen molar-refractivity contribution in [3.8, 4) is 0 Å². The maximum Gasteiger partial charge on any atom is 0.199 e. The van der Waals surface area contributed by atoms with Gasteiger partial charge >= 0.3 is 0 Å². The van der Waals surface area contributed by atoms with Gasteiger partial charge in [0.25, 0.3) is 0 Å². The van der Waals surface area contributed by atoms with Crippen molar-refractivity contribution in [1.29, 1.82) is 0 Å². The molecule has 0 aromatic heterocycles. The summed E-state index contributed by atoms with van der Waals surface area (Å²) in [6.45, 7) is 8.56. The highest BCUT2D eigenvalue weighted by molar-refractivity contribution is 7.58. The maximum atomic E-state index is 10.7. The molecule has 0 aromatic rings. The van der Waals surface area contributed by atoms with Gasteiger partial charge in [0.2, 0.25) is 0 Å². The third-order valence-corrected chi connectivity index (χ3v) is 3.29. The van der Waals surface area contributed by atoms with Crippen LogP contribution < -0.4 is 0 Å². The Bertz CT molecular complexity index is 158. The number of rotatable bonds is 3. The molecule has 3 nitrogen and oxygen atoms in total. The van der Waals surface area contributed by atoms with Gasteiger partial charge in [-0.05, 0) is 0 Å². The Hall–Kier alpha value is -0.270. The van der Waals surface area contributed by atoms with Gasteiger partial charge in [0, 0.05) is 26.4 Å². The molecule has 0 rings (SSSR count). The summed E-state index contributed by atoms with van der Waals surface area (Å²) >= 11 is 0. The molecule has 0 saturated carbocycles. The van der Waals surface area contributed by atoms with E-state index >= 15 is 0 Å². The highest BCUT2D eigenvalue weighted by Crippen LogP contribution is 2.39. The van der Waals surface area contributed by atoms with Crippen molar-refractivity contribution in [3.63, 3.8) is 0 Å². The first-order valence-electron chi connectivity index (χ1n) is 3.88. The summed E-state index contributed by atoms with van der Waals surface area (Å²) in [6.07, 6.45) is 1.30. The van der Waals surface area contributed by atoms with Crippen LogP contribution in [0.4, 0.5) is 0 Å². The number of hydrogen-bond donors (Lipinski definition) is 1. The van der Waals surface area contributed by atoms with Crippen LogP contribution in [-0.2, 0) is 9.09 Å². The zero-order chi connectivity index (χ0) is 10.2. The third kappa shape index (κ3) is 12.4. The van der Waals surface area contributed by atoms with E-state index in [-0.39, 0.29) is 5.76 Å². The van der Waals surface area contributed by atoms with Crippen LogP contribution in [-0.4, -0.2) is 25.0 Å². The molecule has 74 valence electrons. The van der Waals surface area contributed by atoms with Crippen molar-refractivity contribution in [2.45, 2.75) is 20.3 Å². The molecule has 0 saturated heterocycles. The topological polar surface area (TPSA) is 46.5 Å². The Morgan fingerprint density at radius 1 is 1.58 bits per heavy atom. The minimum atomic E-state index is -2.15. The van der Waals surface area contributed by atoms with Crippen molar-refractivity contribution in [2.75, 3.05) is 19.9 Å². The molecule has 0 fully saturated rings. The fourth-order valence-electron chi connectivity index (χ4n) is 0.129. The van der Waals surface area contributed by atoms with Gasteiger partial charge < -0.3 is 9.63 Å². The van der Waals surface area contributed by atoms with E-state index < -0.39 is 7.37 Å². The van der Waals surface area contributed by atoms with Crippen LogP contribution in [0.5, 0.6) is 0 Å². The van der Waals surface area contributed by atoms with E-state index in [1.807, 2.05) is 13.8 Å². The highest BCUT2D eigenvalue weighted by Gasteiger charge is 2.07. The van der Waals surface area contributed by atoms with Crippen LogP contribution in [0.15, 0.2) is 12.3 Å². The molecule has 0 aliphatic carbocycles. The largest absolute Gasteiger partial charge is 0.513 e. The van der Waals surface area contributed by atoms with Gasteiger partial charge in [0.1, 0.15) is 0 Å². The van der Waals surface area contributed by atoms with Crippen molar-refractivity contribution in [2.24, 2.45) is 0 Å². The minimum Gasteiger partial charge on any atom is -0.513 e. The molecule has 0 aliphatic rings. The lowest BCUT2D eigenvalue weighted by molar-refractivity contribution is 0.397. The fraction of sp³-hybridized carbons (Fsp3) is 0.750. The maximum absolute atomic E-state index is 10.7. The molecule has 0 aliphatic heterocycles. The molecule has 4 heteroatoms. The predicted molar refractivity (Wildman–Crippen MR) is 53.1 cm³/mol. The van der Waals surface area contributed by atoms with E-state index in [0.717, 1.165) is 0 Å². The summed E-state index contributed by atoms with van der Waals surface area (Å²) in [5, 5.41) is 8.17. The molecular weight excluding hydrogens is 175 g/mol. The summed E-state index contributed by atoms with van der Waals surface area (Å²) in [7, 11) is -0.678. The normalized spacial score (nSPS) is 14.0. The van der Waals surface area contributed by atoms with Gasteiger partial charge in [-0.15, -0.1) is 0 Å². The van der Waals surface area contributed by atoms with E-state index in [4.69, 9.17) is 5.11 Å². The van der Waals surface area contributed by atoms with Gasteiger partial charge in [-0.25, -0.2) is 0 Å². The second-order valence-corrected chi connectivity index (χ2v) is 5.46. The molecule has 0 radical (unpaired) electrons. The number of hydrogen-bond acceptors (Lipinski definition) is 3. The lowest BCUT2D eigenvalue weighted by atomic mass is 10.4. The van der Waals surface area contributed by atoms with E-state index in [2.05, 4.69) is 11.1 Å². The SMILES string of the molecule is C=C(O)CC.CCP(C)(=O)OC. The van der Waals surface area contributed by atoms with Gasteiger partial charge in [-0.2, -0.15) is 0 Å². The molecule has 0 spiro atoms. The second-order valence-electron chi connectivity index (χ2n) is 2.43. The molecule has 0 heterocycles. The molecule has 0 aromatic carbocycles. The molecule has 0 amide bonds. The summed E-state index contributed by atoms with van der Waals surface area (Å²) in [5.74, 6) is 0.255. The summed E-state index contributed by atoms with van der Waals surface area (Å²) < 4.78 is 15.4. The standard InChI is InChI=1S/C4H11O2P.C4H8O/c1-4-7(3,5)6-2;1-3-4(2)5/h4H2,1-3H3;5H,2-3H2,1H3. The van der Waals surface area contributed by atoms with Crippen LogP contribution in [0.25, 0.3) is 0 Å². The van der Waals surface area contributed by atoms with Crippen molar-refractivity contribution < 1.29 is 14.2 Å². The minimum absolute atomic E-state index is 0.255. The second kappa shape index (κ2) is 7.38. The Morgan fingerprint density at radius 2 is 1.92 bits per heavy atom. The fourth-order valence-corrected chi connectivity index (χ4v) is 0.387. The Labute approximate surface area is 74.9 Å². The van der Waals surface area contributed by atoms with Gasteiger partial charge in [0.15, 0.2) is 7.37 Å². The first kappa shape index (κ1) is 14.3. The van der Waals surface area contributed by atoms with Crippen molar-refractivity contribution >= 4 is 7.37 Å². The summed E-state index contributed by atoms with van der Waals surface area (Å²) in [5.41, 5.74) is 0. The molecule has 1 atom stereocenters. The van der Waals surface area contributed by atoms with Gasteiger partial charge in [0.05, 0.1) is 5.76 Å². The Kier molecular flexibility index (Phi) is 8.78. The van der Waals surface area contributed by atoms with Crippen molar-refractivity contribution in [1.82, 2.24) is 0 Å². The van der Waals surface area contributed by atoms with Crippen LogP contribution in [0.2, 0.25) is 0 Å². The van der Waals surface area contributed by atoms with E-state index in [1.165, 1.54) is 7.11 Å². The lowest BCUT2D eigenvalue weighted by Gasteiger charge is -2.04. The number of allylic oxidation sites excluding steroid dienone is 1. The smallest absolute Gasteiger partial charge is 0.199 e. The first-order valence-corrected chi connectivity index (χ1v) is 6.14. The zero-order valence-corrected chi connectivity index (χ0v) is 9.23.